The number of alkyl halides is 1. The second-order valence-electron chi connectivity index (χ2n) is 3.54. The number of hydrogen-bond acceptors (Lipinski definition) is 2. The van der Waals surface area contributed by atoms with Gasteiger partial charge in [0.25, 0.3) is 0 Å². The zero-order valence-electron chi connectivity index (χ0n) is 7.93. The number of hydrogen-bond donors (Lipinski definition) is 0. The van der Waals surface area contributed by atoms with Crippen LogP contribution in [0.5, 0.6) is 0 Å². The summed E-state index contributed by atoms with van der Waals surface area (Å²) in [6, 6.07) is 0. The molecule has 3 heteroatoms. The van der Waals surface area contributed by atoms with Crippen molar-refractivity contribution in [1.29, 1.82) is 0 Å². The lowest BCUT2D eigenvalue weighted by Crippen LogP contribution is -2.32. The summed E-state index contributed by atoms with van der Waals surface area (Å²) in [5.74, 6) is 0. The highest BCUT2D eigenvalue weighted by atomic mass is 79.9. The molecule has 0 atom stereocenters. The Balaban J connectivity index is 1.99. The van der Waals surface area contributed by atoms with Gasteiger partial charge in [-0.1, -0.05) is 15.9 Å². The van der Waals surface area contributed by atoms with Gasteiger partial charge in [-0.05, 0) is 33.0 Å². The zero-order chi connectivity index (χ0) is 8.81. The Hall–Kier alpha value is 0.400. The predicted molar refractivity (Wildman–Crippen MR) is 57.0 cm³/mol. The van der Waals surface area contributed by atoms with Crippen LogP contribution in [-0.4, -0.2) is 54.9 Å². The minimum atomic E-state index is 1.09. The Bertz CT molecular complexity index is 113. The van der Waals surface area contributed by atoms with Crippen molar-refractivity contribution in [1.82, 2.24) is 9.80 Å². The highest BCUT2D eigenvalue weighted by Crippen LogP contribution is 2.06. The summed E-state index contributed by atoms with van der Waals surface area (Å²) in [5.41, 5.74) is 0. The molecular formula is C9H19BrN2. The molecule has 1 saturated heterocycles. The molecule has 1 rings (SSSR count). The Labute approximate surface area is 84.0 Å². The summed E-state index contributed by atoms with van der Waals surface area (Å²) in [4.78, 5) is 4.94. The van der Waals surface area contributed by atoms with Crippen molar-refractivity contribution in [2.75, 3.05) is 45.1 Å². The van der Waals surface area contributed by atoms with E-state index in [4.69, 9.17) is 0 Å². The number of likely N-dealkylation sites (tertiary alicyclic amines) is 1. The Morgan fingerprint density at radius 1 is 1.25 bits per heavy atom. The summed E-state index contributed by atoms with van der Waals surface area (Å²) < 4.78 is 0. The van der Waals surface area contributed by atoms with Gasteiger partial charge in [0.1, 0.15) is 0 Å². The smallest absolute Gasteiger partial charge is 0.0159 e. The van der Waals surface area contributed by atoms with Crippen molar-refractivity contribution in [3.63, 3.8) is 0 Å². The van der Waals surface area contributed by atoms with Gasteiger partial charge in [0.15, 0.2) is 0 Å². The first-order chi connectivity index (χ1) is 5.83. The molecule has 72 valence electrons. The van der Waals surface area contributed by atoms with Crippen LogP contribution >= 0.6 is 15.9 Å². The molecule has 1 heterocycles. The van der Waals surface area contributed by atoms with Crippen LogP contribution in [0.25, 0.3) is 0 Å². The highest BCUT2D eigenvalue weighted by molar-refractivity contribution is 9.09. The van der Waals surface area contributed by atoms with Crippen LogP contribution in [0, 0.1) is 0 Å². The molecule has 0 radical (unpaired) electrons. The molecule has 0 amide bonds. The molecule has 0 aromatic heterocycles. The van der Waals surface area contributed by atoms with Crippen LogP contribution in [0.15, 0.2) is 0 Å². The maximum atomic E-state index is 3.45. The third-order valence-electron chi connectivity index (χ3n) is 2.46. The number of halogens is 1. The van der Waals surface area contributed by atoms with Crippen LogP contribution in [0.2, 0.25) is 0 Å². The van der Waals surface area contributed by atoms with E-state index in [1.165, 1.54) is 39.0 Å². The fourth-order valence-corrected chi connectivity index (χ4v) is 2.18. The van der Waals surface area contributed by atoms with Gasteiger partial charge in [-0.25, -0.2) is 0 Å². The van der Waals surface area contributed by atoms with Crippen molar-refractivity contribution in [2.45, 2.75) is 12.8 Å². The summed E-state index contributed by atoms with van der Waals surface area (Å²) in [6.07, 6.45) is 2.81. The van der Waals surface area contributed by atoms with Gasteiger partial charge in [0.2, 0.25) is 0 Å². The molecule has 0 N–H and O–H groups in total. The van der Waals surface area contributed by atoms with Crippen molar-refractivity contribution >= 4 is 15.9 Å². The average molecular weight is 235 g/mol. The van der Waals surface area contributed by atoms with E-state index in [-0.39, 0.29) is 0 Å². The van der Waals surface area contributed by atoms with Crippen LogP contribution in [0.3, 0.4) is 0 Å². The summed E-state index contributed by atoms with van der Waals surface area (Å²) >= 11 is 3.45. The standard InChI is InChI=1S/C9H19BrN2/c1-11(7-4-10)8-9-12-5-2-3-6-12/h2-9H2,1H3. The van der Waals surface area contributed by atoms with Gasteiger partial charge < -0.3 is 9.80 Å². The lowest BCUT2D eigenvalue weighted by Gasteiger charge is -2.20. The molecule has 0 aromatic rings. The highest BCUT2D eigenvalue weighted by Gasteiger charge is 2.10. The molecular weight excluding hydrogens is 216 g/mol. The summed E-state index contributed by atoms with van der Waals surface area (Å²) in [6.45, 7) is 6.27. The quantitative estimate of drug-likeness (QED) is 0.665. The van der Waals surface area contributed by atoms with E-state index in [2.05, 4.69) is 32.8 Å². The first kappa shape index (κ1) is 10.5. The molecule has 0 saturated carbocycles. The molecule has 0 aromatic carbocycles. The Kier molecular flexibility index (Phi) is 5.19. The molecule has 0 unspecified atom stereocenters. The average Bonchev–Trinajstić information content (AvgIpc) is 2.53. The molecule has 1 fully saturated rings. The van der Waals surface area contributed by atoms with Gasteiger partial charge in [-0.2, -0.15) is 0 Å². The van der Waals surface area contributed by atoms with E-state index in [1.54, 1.807) is 0 Å². The molecule has 2 nitrogen and oxygen atoms in total. The lowest BCUT2D eigenvalue weighted by atomic mass is 10.4. The van der Waals surface area contributed by atoms with Gasteiger partial charge in [-0.3, -0.25) is 0 Å². The van der Waals surface area contributed by atoms with Gasteiger partial charge in [0, 0.05) is 25.0 Å². The number of nitrogens with zero attached hydrogens (tertiary/aromatic N) is 2. The summed E-state index contributed by atoms with van der Waals surface area (Å²) in [7, 11) is 2.19. The largest absolute Gasteiger partial charge is 0.304 e. The molecule has 0 spiro atoms. The maximum Gasteiger partial charge on any atom is 0.0159 e. The first-order valence-electron chi connectivity index (χ1n) is 4.80. The Morgan fingerprint density at radius 2 is 1.92 bits per heavy atom. The number of rotatable bonds is 5. The zero-order valence-corrected chi connectivity index (χ0v) is 9.52. The van der Waals surface area contributed by atoms with Crippen LogP contribution < -0.4 is 0 Å². The van der Waals surface area contributed by atoms with Crippen LogP contribution in [-0.2, 0) is 0 Å². The fraction of sp³-hybridized carbons (Fsp3) is 1.00. The molecule has 12 heavy (non-hydrogen) atoms. The molecule has 0 aliphatic carbocycles. The van der Waals surface area contributed by atoms with Gasteiger partial charge >= 0.3 is 0 Å². The monoisotopic (exact) mass is 234 g/mol. The van der Waals surface area contributed by atoms with Crippen molar-refractivity contribution < 1.29 is 0 Å². The normalized spacial score (nSPS) is 19.2. The van der Waals surface area contributed by atoms with E-state index in [0.29, 0.717) is 0 Å². The predicted octanol–water partition coefficient (Wildman–Crippen LogP) is 1.41. The lowest BCUT2D eigenvalue weighted by molar-refractivity contribution is 0.266. The first-order valence-corrected chi connectivity index (χ1v) is 5.92. The van der Waals surface area contributed by atoms with E-state index in [0.717, 1.165) is 11.9 Å². The second kappa shape index (κ2) is 5.95. The van der Waals surface area contributed by atoms with Gasteiger partial charge in [0.05, 0.1) is 0 Å². The van der Waals surface area contributed by atoms with Gasteiger partial charge in [-0.15, -0.1) is 0 Å². The summed E-state index contributed by atoms with van der Waals surface area (Å²) in [5, 5.41) is 1.09. The second-order valence-corrected chi connectivity index (χ2v) is 4.33. The van der Waals surface area contributed by atoms with E-state index in [1.807, 2.05) is 0 Å². The third-order valence-corrected chi connectivity index (χ3v) is 2.82. The molecule has 0 bridgehead atoms. The number of likely N-dealkylation sites (N-methyl/N-ethyl adjacent to an activating group) is 1. The maximum absolute atomic E-state index is 3.45. The SMILES string of the molecule is CN(CCBr)CCN1CCCC1. The van der Waals surface area contributed by atoms with Crippen molar-refractivity contribution in [2.24, 2.45) is 0 Å². The fourth-order valence-electron chi connectivity index (χ4n) is 1.57. The van der Waals surface area contributed by atoms with Crippen molar-refractivity contribution in [3.8, 4) is 0 Å². The Morgan fingerprint density at radius 3 is 2.50 bits per heavy atom. The van der Waals surface area contributed by atoms with Crippen molar-refractivity contribution in [3.05, 3.63) is 0 Å². The molecule has 1 aliphatic rings. The van der Waals surface area contributed by atoms with E-state index >= 15 is 0 Å². The third kappa shape index (κ3) is 3.87. The minimum Gasteiger partial charge on any atom is -0.304 e. The minimum absolute atomic E-state index is 1.09. The van der Waals surface area contributed by atoms with Crippen LogP contribution in [0.4, 0.5) is 0 Å². The van der Waals surface area contributed by atoms with E-state index < -0.39 is 0 Å². The van der Waals surface area contributed by atoms with E-state index in [9.17, 15) is 0 Å². The topological polar surface area (TPSA) is 6.48 Å². The molecule has 1 aliphatic heterocycles. The van der Waals surface area contributed by atoms with Crippen LogP contribution in [0.1, 0.15) is 12.8 Å².